The normalized spacial score (nSPS) is 35.0. The summed E-state index contributed by atoms with van der Waals surface area (Å²) in [4.78, 5) is 25.6. The van der Waals surface area contributed by atoms with Gasteiger partial charge in [0.25, 0.3) is 0 Å². The summed E-state index contributed by atoms with van der Waals surface area (Å²) in [6.07, 6.45) is 2.22. The van der Waals surface area contributed by atoms with E-state index in [1.807, 2.05) is 0 Å². The molecule has 0 aromatic heterocycles. The molecule has 1 aliphatic carbocycles. The standard InChI is InChI=1S/C18H22N2O3/c1-11-3-4-13-5-6-19-17(21)8-16-14(10-20(22)23)12(2)9-18(16,19)15(13)7-11/h3-4,7,12,14,16H,5-6,8-10H2,1-2H3/t12-,14+,16-,18-/m0/s1. The lowest BCUT2D eigenvalue weighted by molar-refractivity contribution is -0.491. The van der Waals surface area contributed by atoms with Crippen LogP contribution in [-0.4, -0.2) is 28.8 Å². The number of nitro groups is 1. The molecule has 23 heavy (non-hydrogen) atoms. The molecule has 2 fully saturated rings. The summed E-state index contributed by atoms with van der Waals surface area (Å²) >= 11 is 0. The lowest BCUT2D eigenvalue weighted by Crippen LogP contribution is -2.49. The third kappa shape index (κ3) is 1.88. The molecular weight excluding hydrogens is 292 g/mol. The van der Waals surface area contributed by atoms with Gasteiger partial charge in [0.05, 0.1) is 5.54 Å². The van der Waals surface area contributed by atoms with E-state index in [0.29, 0.717) is 6.42 Å². The van der Waals surface area contributed by atoms with Crippen LogP contribution in [0.5, 0.6) is 0 Å². The molecule has 1 aromatic rings. The first-order valence-electron chi connectivity index (χ1n) is 8.46. The fraction of sp³-hybridized carbons (Fsp3) is 0.611. The minimum absolute atomic E-state index is 0.00888. The smallest absolute Gasteiger partial charge is 0.223 e. The average Bonchev–Trinajstić information content (AvgIpc) is 2.90. The van der Waals surface area contributed by atoms with Gasteiger partial charge in [0, 0.05) is 29.7 Å². The van der Waals surface area contributed by atoms with Crippen molar-refractivity contribution in [3.8, 4) is 0 Å². The second-order valence-corrected chi connectivity index (χ2v) is 7.55. The van der Waals surface area contributed by atoms with E-state index in [1.165, 1.54) is 16.7 Å². The van der Waals surface area contributed by atoms with Gasteiger partial charge in [-0.2, -0.15) is 0 Å². The summed E-state index contributed by atoms with van der Waals surface area (Å²) in [5.74, 6) is 0.525. The highest BCUT2D eigenvalue weighted by atomic mass is 16.6. The summed E-state index contributed by atoms with van der Waals surface area (Å²) in [7, 11) is 0. The third-order valence-corrected chi connectivity index (χ3v) is 6.37. The minimum atomic E-state index is -0.295. The Bertz CT molecular complexity index is 702. The molecular formula is C18H22N2O3. The zero-order valence-electron chi connectivity index (χ0n) is 13.6. The summed E-state index contributed by atoms with van der Waals surface area (Å²) in [5.41, 5.74) is 3.48. The second kappa shape index (κ2) is 4.79. The predicted octanol–water partition coefficient (Wildman–Crippen LogP) is 2.53. The van der Waals surface area contributed by atoms with E-state index < -0.39 is 0 Å². The molecule has 1 saturated heterocycles. The Morgan fingerprint density at radius 2 is 2.22 bits per heavy atom. The average molecular weight is 314 g/mol. The zero-order chi connectivity index (χ0) is 16.4. The molecule has 0 N–H and O–H groups in total. The number of aryl methyl sites for hydroxylation is 1. The third-order valence-electron chi connectivity index (χ3n) is 6.37. The van der Waals surface area contributed by atoms with Crippen molar-refractivity contribution in [2.24, 2.45) is 17.8 Å². The van der Waals surface area contributed by atoms with E-state index in [1.54, 1.807) is 0 Å². The number of amides is 1. The molecule has 1 aromatic carbocycles. The first kappa shape index (κ1) is 14.7. The van der Waals surface area contributed by atoms with E-state index in [9.17, 15) is 14.9 Å². The number of hydrogen-bond acceptors (Lipinski definition) is 3. The van der Waals surface area contributed by atoms with E-state index in [4.69, 9.17) is 0 Å². The van der Waals surface area contributed by atoms with Crippen molar-refractivity contribution < 1.29 is 9.72 Å². The molecule has 2 heterocycles. The molecule has 122 valence electrons. The maximum atomic E-state index is 12.6. The SMILES string of the molecule is Cc1ccc2c(c1)[C@@]13C[C@H](C)[C@@H](C[N+](=O)[O-])[C@@H]1CC(=O)N3CC2. The van der Waals surface area contributed by atoms with E-state index in [0.717, 1.165) is 19.4 Å². The van der Waals surface area contributed by atoms with Crippen molar-refractivity contribution in [2.75, 3.05) is 13.1 Å². The van der Waals surface area contributed by atoms with Crippen LogP contribution < -0.4 is 0 Å². The van der Waals surface area contributed by atoms with Crippen molar-refractivity contribution in [3.63, 3.8) is 0 Å². The van der Waals surface area contributed by atoms with Crippen LogP contribution in [0.25, 0.3) is 0 Å². The fourth-order valence-electron chi connectivity index (χ4n) is 5.50. The molecule has 5 heteroatoms. The second-order valence-electron chi connectivity index (χ2n) is 7.55. The van der Waals surface area contributed by atoms with Crippen molar-refractivity contribution in [1.82, 2.24) is 4.90 Å². The van der Waals surface area contributed by atoms with Crippen molar-refractivity contribution in [3.05, 3.63) is 45.0 Å². The lowest BCUT2D eigenvalue weighted by atomic mass is 9.74. The highest BCUT2D eigenvalue weighted by molar-refractivity contribution is 5.82. The van der Waals surface area contributed by atoms with Crippen LogP contribution in [0, 0.1) is 34.8 Å². The molecule has 1 spiro atoms. The van der Waals surface area contributed by atoms with Gasteiger partial charge in [-0.1, -0.05) is 30.7 Å². The van der Waals surface area contributed by atoms with E-state index >= 15 is 0 Å². The minimum Gasteiger partial charge on any atom is -0.332 e. The molecule has 4 atom stereocenters. The van der Waals surface area contributed by atoms with Gasteiger partial charge >= 0.3 is 0 Å². The monoisotopic (exact) mass is 314 g/mol. The molecule has 4 rings (SSSR count). The Kier molecular flexibility index (Phi) is 3.06. The molecule has 1 amide bonds. The Morgan fingerprint density at radius 3 is 2.96 bits per heavy atom. The highest BCUT2D eigenvalue weighted by Gasteiger charge is 2.64. The molecule has 0 bridgehead atoms. The highest BCUT2D eigenvalue weighted by Crippen LogP contribution is 2.60. The van der Waals surface area contributed by atoms with E-state index in [2.05, 4.69) is 36.9 Å². The zero-order valence-corrected chi connectivity index (χ0v) is 13.6. The fourth-order valence-corrected chi connectivity index (χ4v) is 5.50. The maximum absolute atomic E-state index is 12.6. The van der Waals surface area contributed by atoms with Crippen molar-refractivity contribution in [1.29, 1.82) is 0 Å². The Balaban J connectivity index is 1.87. The Hall–Kier alpha value is -1.91. The molecule has 1 saturated carbocycles. The quantitative estimate of drug-likeness (QED) is 0.622. The van der Waals surface area contributed by atoms with Gasteiger partial charge in [-0.25, -0.2) is 0 Å². The first-order chi connectivity index (χ1) is 10.9. The number of carbonyl (C=O) groups excluding carboxylic acids is 1. The topological polar surface area (TPSA) is 63.5 Å². The number of carbonyl (C=O) groups is 1. The van der Waals surface area contributed by atoms with E-state index in [-0.39, 0.29) is 40.7 Å². The number of nitrogens with zero attached hydrogens (tertiary/aromatic N) is 2. The van der Waals surface area contributed by atoms with Crippen LogP contribution in [0.2, 0.25) is 0 Å². The first-order valence-corrected chi connectivity index (χ1v) is 8.46. The molecule has 0 radical (unpaired) electrons. The van der Waals surface area contributed by atoms with Gasteiger partial charge < -0.3 is 4.90 Å². The van der Waals surface area contributed by atoms with Gasteiger partial charge in [0.15, 0.2) is 0 Å². The van der Waals surface area contributed by atoms with Crippen LogP contribution in [-0.2, 0) is 16.8 Å². The van der Waals surface area contributed by atoms with Gasteiger partial charge in [0.2, 0.25) is 12.5 Å². The summed E-state index contributed by atoms with van der Waals surface area (Å²) in [6.45, 7) is 4.93. The van der Waals surface area contributed by atoms with Gasteiger partial charge in [-0.05, 0) is 36.8 Å². The van der Waals surface area contributed by atoms with Gasteiger partial charge in [-0.15, -0.1) is 0 Å². The largest absolute Gasteiger partial charge is 0.332 e. The van der Waals surface area contributed by atoms with Crippen LogP contribution >= 0.6 is 0 Å². The predicted molar refractivity (Wildman–Crippen MR) is 85.5 cm³/mol. The summed E-state index contributed by atoms with van der Waals surface area (Å²) < 4.78 is 0. The molecule has 0 unspecified atom stereocenters. The molecule has 2 aliphatic heterocycles. The lowest BCUT2D eigenvalue weighted by Gasteiger charge is -2.44. The van der Waals surface area contributed by atoms with Gasteiger partial charge in [0.1, 0.15) is 0 Å². The van der Waals surface area contributed by atoms with Crippen LogP contribution in [0.3, 0.4) is 0 Å². The number of benzene rings is 1. The number of hydrogen-bond donors (Lipinski definition) is 0. The number of rotatable bonds is 2. The molecule has 3 aliphatic rings. The maximum Gasteiger partial charge on any atom is 0.223 e. The van der Waals surface area contributed by atoms with Crippen LogP contribution in [0.1, 0.15) is 36.5 Å². The van der Waals surface area contributed by atoms with Crippen molar-refractivity contribution in [2.45, 2.75) is 38.6 Å². The van der Waals surface area contributed by atoms with Crippen molar-refractivity contribution >= 4 is 5.91 Å². The molecule has 5 nitrogen and oxygen atoms in total. The Labute approximate surface area is 135 Å². The van der Waals surface area contributed by atoms with Gasteiger partial charge in [-0.3, -0.25) is 14.9 Å². The van der Waals surface area contributed by atoms with Crippen LogP contribution in [0.4, 0.5) is 0 Å². The summed E-state index contributed by atoms with van der Waals surface area (Å²) in [6, 6.07) is 6.53. The summed E-state index contributed by atoms with van der Waals surface area (Å²) in [5, 5.41) is 11.1. The Morgan fingerprint density at radius 1 is 1.43 bits per heavy atom. The van der Waals surface area contributed by atoms with Crippen LogP contribution in [0.15, 0.2) is 18.2 Å². The number of fused-ring (bicyclic) bond motifs is 1.